The van der Waals surface area contributed by atoms with Crippen LogP contribution in [-0.4, -0.2) is 0 Å². The summed E-state index contributed by atoms with van der Waals surface area (Å²) in [6, 6.07) is 46.4. The molecule has 6 aromatic rings. The van der Waals surface area contributed by atoms with Crippen molar-refractivity contribution in [3.8, 4) is 45.3 Å². The number of unbranched alkanes of at least 4 members (excludes halogenated alkanes) is 1. The van der Waals surface area contributed by atoms with E-state index in [0.717, 1.165) is 59.3 Å². The number of rotatable bonds is 6. The number of nitrogens with zero attached hydrogens (tertiary/aromatic N) is 1. The van der Waals surface area contributed by atoms with E-state index in [1.165, 1.54) is 62.9 Å². The number of allylic oxidation sites excluding steroid dienone is 3. The molecule has 0 bridgehead atoms. The fourth-order valence-corrected chi connectivity index (χ4v) is 8.73. The Kier molecular flexibility index (Phi) is 6.64. The molecule has 0 saturated heterocycles. The first-order chi connectivity index (χ1) is 24.8. The average Bonchev–Trinajstić information content (AvgIpc) is 3.63. The summed E-state index contributed by atoms with van der Waals surface area (Å²) in [5.74, 6) is 2.92. The van der Waals surface area contributed by atoms with Gasteiger partial charge in [0.25, 0.3) is 0 Å². The van der Waals surface area contributed by atoms with Gasteiger partial charge in [-0.2, -0.15) is 0 Å². The molecular formula is C47H37NO2. The summed E-state index contributed by atoms with van der Waals surface area (Å²) in [5.41, 5.74) is 14.3. The van der Waals surface area contributed by atoms with Gasteiger partial charge in [-0.25, -0.2) is 0 Å². The minimum atomic E-state index is -0.444. The molecule has 3 aliphatic carbocycles. The summed E-state index contributed by atoms with van der Waals surface area (Å²) < 4.78 is 13.9. The number of hydrogen-bond donors (Lipinski definition) is 0. The SMILES string of the molecule is CCCCc1ccc(N(C2=CCCC=C2)c2cccc3c2Oc2cc4c(cc2O3)-c2ccccc2C42c3ccccc3-c3ccccc32)cc1. The van der Waals surface area contributed by atoms with Crippen molar-refractivity contribution < 1.29 is 9.47 Å². The number of para-hydroxylation sites is 1. The summed E-state index contributed by atoms with van der Waals surface area (Å²) in [6.07, 6.45) is 12.4. The van der Waals surface area contributed by atoms with Crippen molar-refractivity contribution in [2.24, 2.45) is 0 Å². The molecule has 50 heavy (non-hydrogen) atoms. The Hall–Kier alpha value is -5.80. The Bertz CT molecular complexity index is 2340. The van der Waals surface area contributed by atoms with E-state index in [4.69, 9.17) is 9.47 Å². The summed E-state index contributed by atoms with van der Waals surface area (Å²) in [6.45, 7) is 2.25. The zero-order chi connectivity index (χ0) is 33.2. The topological polar surface area (TPSA) is 21.7 Å². The molecule has 1 spiro atoms. The van der Waals surface area contributed by atoms with Gasteiger partial charge in [-0.05, 0) is 118 Å². The van der Waals surface area contributed by atoms with Gasteiger partial charge in [0, 0.05) is 11.4 Å². The van der Waals surface area contributed by atoms with Gasteiger partial charge in [-0.15, -0.1) is 0 Å². The third-order valence-corrected chi connectivity index (χ3v) is 10.9. The molecule has 0 radical (unpaired) electrons. The van der Waals surface area contributed by atoms with Crippen molar-refractivity contribution in [1.82, 2.24) is 0 Å². The van der Waals surface area contributed by atoms with Crippen LogP contribution in [0.25, 0.3) is 22.3 Å². The maximum Gasteiger partial charge on any atom is 0.194 e. The molecule has 0 saturated carbocycles. The van der Waals surface area contributed by atoms with E-state index in [9.17, 15) is 0 Å². The molecule has 10 rings (SSSR count). The lowest BCUT2D eigenvalue weighted by atomic mass is 9.70. The van der Waals surface area contributed by atoms with Gasteiger partial charge in [0.2, 0.25) is 0 Å². The lowest BCUT2D eigenvalue weighted by Crippen LogP contribution is -2.26. The number of ether oxygens (including phenoxy) is 2. The second kappa shape index (κ2) is 11.4. The molecule has 1 heterocycles. The summed E-state index contributed by atoms with van der Waals surface area (Å²) in [7, 11) is 0. The van der Waals surface area contributed by atoms with E-state index in [1.54, 1.807) is 0 Å². The third-order valence-electron chi connectivity index (χ3n) is 10.9. The number of benzene rings is 6. The predicted molar refractivity (Wildman–Crippen MR) is 203 cm³/mol. The molecular weight excluding hydrogens is 611 g/mol. The van der Waals surface area contributed by atoms with Crippen LogP contribution in [0.15, 0.2) is 151 Å². The third kappa shape index (κ3) is 4.16. The van der Waals surface area contributed by atoms with Crippen LogP contribution in [0, 0.1) is 0 Å². The van der Waals surface area contributed by atoms with Gasteiger partial charge in [0.1, 0.15) is 0 Å². The lowest BCUT2D eigenvalue weighted by Gasteiger charge is -2.33. The molecule has 0 N–H and O–H groups in total. The number of fused-ring (bicyclic) bond motifs is 12. The zero-order valence-corrected chi connectivity index (χ0v) is 28.2. The van der Waals surface area contributed by atoms with E-state index in [0.29, 0.717) is 0 Å². The fourth-order valence-electron chi connectivity index (χ4n) is 8.73. The second-order valence-electron chi connectivity index (χ2n) is 13.8. The van der Waals surface area contributed by atoms with E-state index in [-0.39, 0.29) is 0 Å². The van der Waals surface area contributed by atoms with E-state index in [2.05, 4.69) is 151 Å². The molecule has 0 atom stereocenters. The van der Waals surface area contributed by atoms with Crippen molar-refractivity contribution in [1.29, 1.82) is 0 Å². The maximum atomic E-state index is 7.06. The van der Waals surface area contributed by atoms with Crippen molar-refractivity contribution in [2.75, 3.05) is 4.90 Å². The van der Waals surface area contributed by atoms with Crippen LogP contribution < -0.4 is 14.4 Å². The van der Waals surface area contributed by atoms with E-state index < -0.39 is 5.41 Å². The maximum absolute atomic E-state index is 7.06. The smallest absolute Gasteiger partial charge is 0.194 e. The Labute approximate surface area is 293 Å². The fraction of sp³-hybridized carbons (Fsp3) is 0.149. The lowest BCUT2D eigenvalue weighted by molar-refractivity contribution is 0.360. The average molecular weight is 648 g/mol. The largest absolute Gasteiger partial charge is 0.449 e. The van der Waals surface area contributed by atoms with Crippen LogP contribution in [0.5, 0.6) is 23.0 Å². The van der Waals surface area contributed by atoms with Gasteiger partial charge >= 0.3 is 0 Å². The van der Waals surface area contributed by atoms with Gasteiger partial charge in [-0.3, -0.25) is 0 Å². The first-order valence-corrected chi connectivity index (χ1v) is 18.0. The standard InChI is InChI=1S/C47H37NO2/c1-2-3-14-31-25-27-33(28-26-31)48(32-15-5-4-6-16-32)42-23-13-24-43-46(42)50-45-30-41-37(29-44(45)49-43)36-19-9-12-22-40(36)47(41)38-20-10-7-17-34(38)35-18-8-11-21-39(35)47/h5,7-13,15-30H,2-4,6,14H2,1H3. The molecule has 0 amide bonds. The monoisotopic (exact) mass is 647 g/mol. The van der Waals surface area contributed by atoms with Crippen LogP contribution in [0.3, 0.4) is 0 Å². The van der Waals surface area contributed by atoms with Gasteiger partial charge in [0.15, 0.2) is 23.0 Å². The Balaban J connectivity index is 1.14. The highest BCUT2D eigenvalue weighted by Gasteiger charge is 2.52. The Morgan fingerprint density at radius 3 is 1.92 bits per heavy atom. The minimum absolute atomic E-state index is 0.444. The van der Waals surface area contributed by atoms with Crippen molar-refractivity contribution in [2.45, 2.75) is 44.4 Å². The van der Waals surface area contributed by atoms with Crippen LogP contribution in [0.4, 0.5) is 11.4 Å². The van der Waals surface area contributed by atoms with Crippen molar-refractivity contribution in [3.05, 3.63) is 179 Å². The van der Waals surface area contributed by atoms with E-state index >= 15 is 0 Å². The first kappa shape index (κ1) is 29.1. The molecule has 3 heteroatoms. The highest BCUT2D eigenvalue weighted by Crippen LogP contribution is 2.65. The molecule has 0 unspecified atom stereocenters. The highest BCUT2D eigenvalue weighted by atomic mass is 16.6. The number of hydrogen-bond acceptors (Lipinski definition) is 3. The van der Waals surface area contributed by atoms with Crippen LogP contribution in [-0.2, 0) is 11.8 Å². The Morgan fingerprint density at radius 1 is 0.600 bits per heavy atom. The Morgan fingerprint density at radius 2 is 1.26 bits per heavy atom. The van der Waals surface area contributed by atoms with Crippen molar-refractivity contribution >= 4 is 11.4 Å². The normalized spacial score (nSPS) is 15.1. The molecule has 0 fully saturated rings. The highest BCUT2D eigenvalue weighted by molar-refractivity contribution is 5.96. The summed E-state index contributed by atoms with van der Waals surface area (Å²) in [4.78, 5) is 2.32. The molecule has 3 nitrogen and oxygen atoms in total. The summed E-state index contributed by atoms with van der Waals surface area (Å²) >= 11 is 0. The first-order valence-electron chi connectivity index (χ1n) is 18.0. The minimum Gasteiger partial charge on any atom is -0.449 e. The molecule has 4 aliphatic rings. The zero-order valence-electron chi connectivity index (χ0n) is 28.2. The number of aryl methyl sites for hydroxylation is 1. The van der Waals surface area contributed by atoms with Gasteiger partial charge in [0.05, 0.1) is 11.1 Å². The van der Waals surface area contributed by atoms with Crippen LogP contribution in [0.2, 0.25) is 0 Å². The summed E-state index contributed by atoms with van der Waals surface area (Å²) in [5, 5.41) is 0. The van der Waals surface area contributed by atoms with Crippen molar-refractivity contribution in [3.63, 3.8) is 0 Å². The van der Waals surface area contributed by atoms with E-state index in [1.807, 2.05) is 6.07 Å². The molecule has 242 valence electrons. The molecule has 1 aliphatic heterocycles. The van der Waals surface area contributed by atoms with Crippen LogP contribution >= 0.6 is 0 Å². The van der Waals surface area contributed by atoms with Crippen LogP contribution in [0.1, 0.15) is 60.4 Å². The number of anilines is 2. The molecule has 0 aromatic heterocycles. The van der Waals surface area contributed by atoms with Gasteiger partial charge in [-0.1, -0.05) is 116 Å². The second-order valence-corrected chi connectivity index (χ2v) is 13.8. The quantitative estimate of drug-likeness (QED) is 0.179. The molecule has 6 aromatic carbocycles. The predicted octanol–water partition coefficient (Wildman–Crippen LogP) is 12.6. The van der Waals surface area contributed by atoms with Gasteiger partial charge < -0.3 is 14.4 Å².